The Morgan fingerprint density at radius 1 is 0.923 bits per heavy atom. The summed E-state index contributed by atoms with van der Waals surface area (Å²) in [5.74, 6) is 0. The van der Waals surface area contributed by atoms with E-state index in [1.165, 1.54) is 15.0 Å². The van der Waals surface area contributed by atoms with Crippen molar-refractivity contribution in [2.45, 2.75) is 13.2 Å². The van der Waals surface area contributed by atoms with E-state index in [-0.39, 0.29) is 0 Å². The van der Waals surface area contributed by atoms with Gasteiger partial charge in [-0.3, -0.25) is 4.98 Å². The van der Waals surface area contributed by atoms with Crippen LogP contribution in [-0.4, -0.2) is 4.98 Å². The van der Waals surface area contributed by atoms with Gasteiger partial charge in [0.1, 0.15) is 0 Å². The zero-order chi connectivity index (χ0) is 17.8. The fourth-order valence-electron chi connectivity index (χ4n) is 2.84. The standard InChI is InChI=1S/C23H19NOS/c1-2-17-7-9-18(10-8-17)15-25-16-19-11-12-24-21(13-19)23-14-20-5-3-4-6-22(20)26-23/h2-14H,1,15-16H2. The van der Waals surface area contributed by atoms with Crippen LogP contribution < -0.4 is 0 Å². The van der Waals surface area contributed by atoms with Crippen molar-refractivity contribution in [3.63, 3.8) is 0 Å². The second-order valence-corrected chi connectivity index (χ2v) is 7.22. The number of thiophene rings is 1. The summed E-state index contributed by atoms with van der Waals surface area (Å²) >= 11 is 1.77. The average molecular weight is 357 g/mol. The molecular formula is C23H19NOS. The van der Waals surface area contributed by atoms with E-state index < -0.39 is 0 Å². The molecule has 0 aliphatic heterocycles. The minimum Gasteiger partial charge on any atom is -0.372 e. The van der Waals surface area contributed by atoms with Gasteiger partial charge in [-0.25, -0.2) is 0 Å². The van der Waals surface area contributed by atoms with Crippen LogP contribution in [0, 0.1) is 0 Å². The van der Waals surface area contributed by atoms with Crippen LogP contribution in [0.15, 0.2) is 79.5 Å². The number of ether oxygens (including phenoxy) is 1. The van der Waals surface area contributed by atoms with E-state index in [1.807, 2.05) is 18.3 Å². The Morgan fingerprint density at radius 3 is 2.54 bits per heavy atom. The lowest BCUT2D eigenvalue weighted by atomic mass is 10.1. The van der Waals surface area contributed by atoms with Crippen molar-refractivity contribution in [1.82, 2.24) is 4.98 Å². The second kappa shape index (κ2) is 7.65. The lowest BCUT2D eigenvalue weighted by Gasteiger charge is -2.06. The summed E-state index contributed by atoms with van der Waals surface area (Å²) in [4.78, 5) is 5.72. The lowest BCUT2D eigenvalue weighted by molar-refractivity contribution is 0.107. The van der Waals surface area contributed by atoms with E-state index in [2.05, 4.69) is 72.2 Å². The lowest BCUT2D eigenvalue weighted by Crippen LogP contribution is -1.95. The number of pyridine rings is 1. The van der Waals surface area contributed by atoms with Crippen molar-refractivity contribution in [1.29, 1.82) is 0 Å². The first kappa shape index (κ1) is 16.7. The molecule has 0 saturated carbocycles. The maximum absolute atomic E-state index is 5.88. The maximum atomic E-state index is 5.88. The molecule has 0 aliphatic carbocycles. The molecular weight excluding hydrogens is 338 g/mol. The van der Waals surface area contributed by atoms with Gasteiger partial charge in [0, 0.05) is 10.9 Å². The van der Waals surface area contributed by atoms with Crippen molar-refractivity contribution >= 4 is 27.5 Å². The van der Waals surface area contributed by atoms with Gasteiger partial charge in [-0.2, -0.15) is 0 Å². The van der Waals surface area contributed by atoms with Gasteiger partial charge in [-0.1, -0.05) is 55.1 Å². The van der Waals surface area contributed by atoms with E-state index in [0.717, 1.165) is 22.4 Å². The summed E-state index contributed by atoms with van der Waals surface area (Å²) < 4.78 is 7.16. The summed E-state index contributed by atoms with van der Waals surface area (Å²) in [6.45, 7) is 4.94. The Kier molecular flexibility index (Phi) is 4.91. The summed E-state index contributed by atoms with van der Waals surface area (Å²) in [7, 11) is 0. The largest absolute Gasteiger partial charge is 0.372 e. The Hall–Kier alpha value is -2.75. The van der Waals surface area contributed by atoms with E-state index in [4.69, 9.17) is 4.74 Å². The molecule has 0 amide bonds. The zero-order valence-electron chi connectivity index (χ0n) is 14.4. The monoisotopic (exact) mass is 357 g/mol. The second-order valence-electron chi connectivity index (χ2n) is 6.14. The molecule has 3 heteroatoms. The van der Waals surface area contributed by atoms with Gasteiger partial charge < -0.3 is 4.74 Å². The molecule has 0 aliphatic rings. The van der Waals surface area contributed by atoms with Gasteiger partial charge in [0.05, 0.1) is 23.8 Å². The first-order chi connectivity index (χ1) is 12.8. The molecule has 0 fully saturated rings. The highest BCUT2D eigenvalue weighted by Crippen LogP contribution is 2.32. The molecule has 4 rings (SSSR count). The van der Waals surface area contributed by atoms with Crippen LogP contribution in [0.2, 0.25) is 0 Å². The number of hydrogen-bond donors (Lipinski definition) is 0. The minimum atomic E-state index is 0.573. The topological polar surface area (TPSA) is 22.1 Å². The van der Waals surface area contributed by atoms with Gasteiger partial charge in [-0.15, -0.1) is 11.3 Å². The number of rotatable bonds is 6. The molecule has 0 atom stereocenters. The normalized spacial score (nSPS) is 10.9. The Balaban J connectivity index is 1.44. The van der Waals surface area contributed by atoms with Crippen LogP contribution >= 0.6 is 11.3 Å². The highest BCUT2D eigenvalue weighted by Gasteiger charge is 2.06. The molecule has 0 spiro atoms. The van der Waals surface area contributed by atoms with Crippen LogP contribution in [0.3, 0.4) is 0 Å². The third-order valence-corrected chi connectivity index (χ3v) is 5.39. The van der Waals surface area contributed by atoms with Crippen molar-refractivity contribution in [2.75, 3.05) is 0 Å². The molecule has 0 unspecified atom stereocenters. The SMILES string of the molecule is C=Cc1ccc(COCc2ccnc(-c3cc4ccccc4s3)c2)cc1. The summed E-state index contributed by atoms with van der Waals surface area (Å²) in [6.07, 6.45) is 3.70. The number of fused-ring (bicyclic) bond motifs is 1. The van der Waals surface area contributed by atoms with Gasteiger partial charge in [0.15, 0.2) is 0 Å². The van der Waals surface area contributed by atoms with Crippen LogP contribution in [0.25, 0.3) is 26.7 Å². The Labute approximate surface area is 157 Å². The van der Waals surface area contributed by atoms with E-state index in [1.54, 1.807) is 11.3 Å². The highest BCUT2D eigenvalue weighted by atomic mass is 32.1. The first-order valence-corrected chi connectivity index (χ1v) is 9.36. The number of nitrogens with zero attached hydrogens (tertiary/aromatic N) is 1. The summed E-state index contributed by atoms with van der Waals surface area (Å²) in [5.41, 5.74) is 4.42. The third kappa shape index (κ3) is 3.74. The fourth-order valence-corrected chi connectivity index (χ4v) is 3.87. The maximum Gasteiger partial charge on any atom is 0.0805 e. The molecule has 26 heavy (non-hydrogen) atoms. The van der Waals surface area contributed by atoms with E-state index >= 15 is 0 Å². The average Bonchev–Trinajstić information content (AvgIpc) is 3.13. The molecule has 0 radical (unpaired) electrons. The van der Waals surface area contributed by atoms with Crippen molar-refractivity contribution < 1.29 is 4.74 Å². The quantitative estimate of drug-likeness (QED) is 0.403. The van der Waals surface area contributed by atoms with Gasteiger partial charge in [0.2, 0.25) is 0 Å². The smallest absolute Gasteiger partial charge is 0.0805 e. The molecule has 2 aromatic carbocycles. The van der Waals surface area contributed by atoms with Crippen LogP contribution in [0.4, 0.5) is 0 Å². The predicted molar refractivity (Wildman–Crippen MR) is 110 cm³/mol. The fraction of sp³-hybridized carbons (Fsp3) is 0.0870. The Bertz CT molecular complexity index is 1000. The van der Waals surface area contributed by atoms with E-state index in [9.17, 15) is 0 Å². The van der Waals surface area contributed by atoms with Gasteiger partial charge in [-0.05, 0) is 46.3 Å². The predicted octanol–water partition coefficient (Wildman–Crippen LogP) is 6.32. The first-order valence-electron chi connectivity index (χ1n) is 8.55. The zero-order valence-corrected chi connectivity index (χ0v) is 15.2. The van der Waals surface area contributed by atoms with Gasteiger partial charge >= 0.3 is 0 Å². The van der Waals surface area contributed by atoms with Crippen LogP contribution in [-0.2, 0) is 18.0 Å². The molecule has 2 nitrogen and oxygen atoms in total. The van der Waals surface area contributed by atoms with Crippen molar-refractivity contribution in [2.24, 2.45) is 0 Å². The van der Waals surface area contributed by atoms with Crippen LogP contribution in [0.1, 0.15) is 16.7 Å². The van der Waals surface area contributed by atoms with Crippen molar-refractivity contribution in [3.05, 3.63) is 96.2 Å². The number of benzene rings is 2. The molecule has 0 N–H and O–H groups in total. The Morgan fingerprint density at radius 2 is 1.73 bits per heavy atom. The molecule has 4 aromatic rings. The van der Waals surface area contributed by atoms with Gasteiger partial charge in [0.25, 0.3) is 0 Å². The molecule has 128 valence electrons. The summed E-state index contributed by atoms with van der Waals surface area (Å²) in [5, 5.41) is 1.26. The number of aromatic nitrogens is 1. The van der Waals surface area contributed by atoms with Crippen LogP contribution in [0.5, 0.6) is 0 Å². The molecule has 0 saturated heterocycles. The molecule has 2 heterocycles. The van der Waals surface area contributed by atoms with E-state index in [0.29, 0.717) is 13.2 Å². The summed E-state index contributed by atoms with van der Waals surface area (Å²) in [6, 6.07) is 23.0. The molecule has 2 aromatic heterocycles. The van der Waals surface area contributed by atoms with Crippen molar-refractivity contribution in [3.8, 4) is 10.6 Å². The number of hydrogen-bond acceptors (Lipinski definition) is 3. The molecule has 0 bridgehead atoms. The minimum absolute atomic E-state index is 0.573. The highest BCUT2D eigenvalue weighted by molar-refractivity contribution is 7.22. The third-order valence-electron chi connectivity index (χ3n) is 4.26.